The van der Waals surface area contributed by atoms with Gasteiger partial charge in [-0.15, -0.1) is 0 Å². The molecule has 0 atom stereocenters. The van der Waals surface area contributed by atoms with Crippen molar-refractivity contribution in [1.82, 2.24) is 9.88 Å². The molecule has 5 nitrogen and oxygen atoms in total. The maximum Gasteiger partial charge on any atom is 0.306 e. The molecule has 1 amide bonds. The molecule has 0 radical (unpaired) electrons. The van der Waals surface area contributed by atoms with Crippen LogP contribution < -0.4 is 5.32 Å². The lowest BCUT2D eigenvalue weighted by Gasteiger charge is -2.26. The van der Waals surface area contributed by atoms with Crippen molar-refractivity contribution < 1.29 is 14.7 Å². The van der Waals surface area contributed by atoms with Gasteiger partial charge in [-0.1, -0.05) is 48.5 Å². The highest BCUT2D eigenvalue weighted by Crippen LogP contribution is 2.29. The van der Waals surface area contributed by atoms with E-state index in [4.69, 9.17) is 5.11 Å². The number of hydrogen-bond acceptors (Lipinski definition) is 2. The maximum atomic E-state index is 12.5. The lowest BCUT2D eigenvalue weighted by atomic mass is 9.82. The van der Waals surface area contributed by atoms with Crippen molar-refractivity contribution >= 4 is 22.8 Å². The number of aryl methyl sites for hydroxylation is 1. The predicted octanol–water partition coefficient (Wildman–Crippen LogP) is 4.71. The molecule has 0 bridgehead atoms. The highest BCUT2D eigenvalue weighted by Gasteiger charge is 2.26. The highest BCUT2D eigenvalue weighted by molar-refractivity contribution is 5.87. The minimum absolute atomic E-state index is 0.0483. The third-order valence-corrected chi connectivity index (χ3v) is 6.23. The monoisotopic (exact) mass is 404 g/mol. The third kappa shape index (κ3) is 4.56. The number of nitrogens with one attached hydrogen (secondary N) is 1. The Hall–Kier alpha value is -3.08. The van der Waals surface area contributed by atoms with E-state index in [-0.39, 0.29) is 11.8 Å². The van der Waals surface area contributed by atoms with Gasteiger partial charge in [0.05, 0.1) is 5.92 Å². The summed E-state index contributed by atoms with van der Waals surface area (Å²) in [6.45, 7) is 1.26. The molecule has 1 aliphatic carbocycles. The van der Waals surface area contributed by atoms with Crippen LogP contribution in [0.2, 0.25) is 0 Å². The van der Waals surface area contributed by atoms with Crippen molar-refractivity contribution in [1.29, 1.82) is 0 Å². The van der Waals surface area contributed by atoms with Crippen LogP contribution in [-0.2, 0) is 16.1 Å². The summed E-state index contributed by atoms with van der Waals surface area (Å²) in [5.74, 6) is -0.468. The van der Waals surface area contributed by atoms with Crippen LogP contribution in [0.1, 0.15) is 32.1 Å². The molecule has 5 heteroatoms. The number of carbonyl (C=O) groups excluding carboxylic acids is 1. The Morgan fingerprint density at radius 3 is 2.40 bits per heavy atom. The van der Waals surface area contributed by atoms with Crippen LogP contribution >= 0.6 is 0 Å². The van der Waals surface area contributed by atoms with Crippen molar-refractivity contribution in [3.8, 4) is 11.3 Å². The van der Waals surface area contributed by atoms with Crippen LogP contribution in [-0.4, -0.2) is 28.1 Å². The van der Waals surface area contributed by atoms with Gasteiger partial charge in [-0.25, -0.2) is 0 Å². The third-order valence-electron chi connectivity index (χ3n) is 6.23. The first-order valence-corrected chi connectivity index (χ1v) is 10.7. The van der Waals surface area contributed by atoms with E-state index in [0.717, 1.165) is 29.6 Å². The van der Waals surface area contributed by atoms with Gasteiger partial charge in [0.15, 0.2) is 0 Å². The zero-order valence-corrected chi connectivity index (χ0v) is 17.1. The molecule has 1 aromatic heterocycles. The second-order valence-electron chi connectivity index (χ2n) is 8.22. The van der Waals surface area contributed by atoms with Gasteiger partial charge in [0.1, 0.15) is 0 Å². The zero-order chi connectivity index (χ0) is 20.9. The first kappa shape index (κ1) is 20.2. The Morgan fingerprint density at radius 2 is 1.67 bits per heavy atom. The first-order valence-electron chi connectivity index (χ1n) is 10.7. The number of benzene rings is 2. The summed E-state index contributed by atoms with van der Waals surface area (Å²) in [5.41, 5.74) is 3.40. The van der Waals surface area contributed by atoms with E-state index in [9.17, 15) is 9.59 Å². The van der Waals surface area contributed by atoms with Gasteiger partial charge in [0, 0.05) is 36.1 Å². The van der Waals surface area contributed by atoms with Crippen LogP contribution in [0.4, 0.5) is 0 Å². The van der Waals surface area contributed by atoms with Gasteiger partial charge in [0.25, 0.3) is 0 Å². The number of nitrogens with zero attached hydrogens (tertiary/aromatic N) is 1. The van der Waals surface area contributed by atoms with Crippen LogP contribution in [0.25, 0.3) is 22.2 Å². The number of carbonyl (C=O) groups is 2. The summed E-state index contributed by atoms with van der Waals surface area (Å²) in [6, 6.07) is 20.7. The molecule has 1 aliphatic rings. The van der Waals surface area contributed by atoms with Crippen LogP contribution in [0.15, 0.2) is 60.7 Å². The molecule has 156 valence electrons. The molecule has 1 heterocycles. The molecule has 3 aromatic rings. The molecule has 1 fully saturated rings. The number of fused-ring (bicyclic) bond motifs is 1. The molecule has 1 saturated carbocycles. The minimum atomic E-state index is -0.689. The highest BCUT2D eigenvalue weighted by atomic mass is 16.4. The van der Waals surface area contributed by atoms with E-state index < -0.39 is 5.97 Å². The first-order chi connectivity index (χ1) is 14.6. The number of hydrogen-bond donors (Lipinski definition) is 2. The van der Waals surface area contributed by atoms with Gasteiger partial charge in [0.2, 0.25) is 5.91 Å². The van der Waals surface area contributed by atoms with Crippen LogP contribution in [0.3, 0.4) is 0 Å². The van der Waals surface area contributed by atoms with Crippen molar-refractivity contribution in [2.45, 2.75) is 38.6 Å². The second-order valence-corrected chi connectivity index (χ2v) is 8.22. The van der Waals surface area contributed by atoms with Gasteiger partial charge in [-0.05, 0) is 49.3 Å². The normalized spacial score (nSPS) is 18.9. The Balaban J connectivity index is 1.38. The topological polar surface area (TPSA) is 71.3 Å². The molecule has 0 unspecified atom stereocenters. The van der Waals surface area contributed by atoms with Gasteiger partial charge in [-0.2, -0.15) is 0 Å². The quantitative estimate of drug-likeness (QED) is 0.599. The van der Waals surface area contributed by atoms with E-state index in [1.54, 1.807) is 0 Å². The molecule has 0 spiro atoms. The van der Waals surface area contributed by atoms with Crippen molar-refractivity contribution in [2.24, 2.45) is 11.8 Å². The number of carboxylic acids is 1. The zero-order valence-electron chi connectivity index (χ0n) is 17.1. The SMILES string of the molecule is O=C(CCn1c(-c2ccccc2)cc2ccccc21)NCC1CCC(C(=O)O)CC1. The lowest BCUT2D eigenvalue weighted by molar-refractivity contribution is -0.143. The molecule has 2 aromatic carbocycles. The predicted molar refractivity (Wildman–Crippen MR) is 118 cm³/mol. The smallest absolute Gasteiger partial charge is 0.306 e. The average molecular weight is 405 g/mol. The fraction of sp³-hybridized carbons (Fsp3) is 0.360. The Labute approximate surface area is 176 Å². The summed E-state index contributed by atoms with van der Waals surface area (Å²) >= 11 is 0. The van der Waals surface area contributed by atoms with Crippen molar-refractivity contribution in [3.63, 3.8) is 0 Å². The Bertz CT molecular complexity index is 1020. The van der Waals surface area contributed by atoms with E-state index in [1.807, 2.05) is 30.3 Å². The second kappa shape index (κ2) is 9.16. The largest absolute Gasteiger partial charge is 0.481 e. The number of para-hydroxylation sites is 1. The number of rotatable bonds is 7. The summed E-state index contributed by atoms with van der Waals surface area (Å²) < 4.78 is 2.22. The van der Waals surface area contributed by atoms with Crippen LogP contribution in [0, 0.1) is 11.8 Å². The number of amides is 1. The number of aromatic nitrogens is 1. The maximum absolute atomic E-state index is 12.5. The summed E-state index contributed by atoms with van der Waals surface area (Å²) in [5, 5.41) is 13.4. The van der Waals surface area contributed by atoms with Gasteiger partial charge < -0.3 is 15.0 Å². The fourth-order valence-corrected chi connectivity index (χ4v) is 4.47. The molecule has 30 heavy (non-hydrogen) atoms. The molecule has 0 saturated heterocycles. The molecule has 2 N–H and O–H groups in total. The van der Waals surface area contributed by atoms with Crippen LogP contribution in [0.5, 0.6) is 0 Å². The minimum Gasteiger partial charge on any atom is -0.481 e. The summed E-state index contributed by atoms with van der Waals surface area (Å²) in [7, 11) is 0. The van der Waals surface area contributed by atoms with E-state index in [1.165, 1.54) is 5.39 Å². The van der Waals surface area contributed by atoms with Gasteiger partial charge in [-0.3, -0.25) is 9.59 Å². The summed E-state index contributed by atoms with van der Waals surface area (Å²) in [6.07, 6.45) is 3.59. The fourth-order valence-electron chi connectivity index (χ4n) is 4.47. The molecular formula is C25H28N2O3. The van der Waals surface area contributed by atoms with E-state index in [0.29, 0.717) is 38.3 Å². The van der Waals surface area contributed by atoms with Gasteiger partial charge >= 0.3 is 5.97 Å². The Kier molecular flexibility index (Phi) is 6.17. The molecule has 4 rings (SSSR count). The van der Waals surface area contributed by atoms with Crippen molar-refractivity contribution in [3.05, 3.63) is 60.7 Å². The average Bonchev–Trinajstić information content (AvgIpc) is 3.16. The molecular weight excluding hydrogens is 376 g/mol. The Morgan fingerprint density at radius 1 is 0.967 bits per heavy atom. The number of carboxylic acid groups (broad SMARTS) is 1. The molecule has 0 aliphatic heterocycles. The van der Waals surface area contributed by atoms with E-state index >= 15 is 0 Å². The standard InChI is InChI=1S/C25H28N2O3/c28-24(26-17-18-10-12-20(13-11-18)25(29)30)14-15-27-22-9-5-4-8-21(22)16-23(27)19-6-2-1-3-7-19/h1-9,16,18,20H,10-15,17H2,(H,26,28)(H,29,30). The lowest BCUT2D eigenvalue weighted by Crippen LogP contribution is -2.32. The van der Waals surface area contributed by atoms with Crippen molar-refractivity contribution in [2.75, 3.05) is 6.54 Å². The van der Waals surface area contributed by atoms with E-state index in [2.05, 4.69) is 40.2 Å². The summed E-state index contributed by atoms with van der Waals surface area (Å²) in [4.78, 5) is 23.6. The number of aliphatic carboxylic acids is 1.